The van der Waals surface area contributed by atoms with Crippen LogP contribution in [-0.2, 0) is 7.05 Å². The van der Waals surface area contributed by atoms with E-state index in [0.717, 1.165) is 22.4 Å². The molecular formula is C22H16N6O3S. The quantitative estimate of drug-likeness (QED) is 0.433. The SMILES string of the molecule is Cn1nc(-c2ccsc2)c(-c2ccc3c(c2)OCO3)c1NC(=O)c1ccc2n[nH]nc2c1. The van der Waals surface area contributed by atoms with Crippen LogP contribution >= 0.6 is 11.3 Å². The number of thiophene rings is 1. The highest BCUT2D eigenvalue weighted by atomic mass is 32.1. The molecule has 6 rings (SSSR count). The average Bonchev–Trinajstić information content (AvgIpc) is 3.59. The Morgan fingerprint density at radius 2 is 1.94 bits per heavy atom. The lowest BCUT2D eigenvalue weighted by Crippen LogP contribution is -2.15. The Kier molecular flexibility index (Phi) is 4.18. The number of hydrogen-bond donors (Lipinski definition) is 2. The molecule has 0 bridgehead atoms. The van der Waals surface area contributed by atoms with Crippen molar-refractivity contribution < 1.29 is 14.3 Å². The van der Waals surface area contributed by atoms with Gasteiger partial charge in [0, 0.05) is 23.6 Å². The molecule has 4 heterocycles. The van der Waals surface area contributed by atoms with Gasteiger partial charge in [0.25, 0.3) is 5.91 Å². The lowest BCUT2D eigenvalue weighted by atomic mass is 10.0. The zero-order valence-electron chi connectivity index (χ0n) is 16.8. The Morgan fingerprint density at radius 3 is 2.81 bits per heavy atom. The first-order valence-electron chi connectivity index (χ1n) is 9.79. The fraction of sp³-hybridized carbons (Fsp3) is 0.0909. The van der Waals surface area contributed by atoms with Gasteiger partial charge >= 0.3 is 0 Å². The minimum Gasteiger partial charge on any atom is -0.454 e. The van der Waals surface area contributed by atoms with E-state index in [2.05, 4.69) is 20.7 Å². The van der Waals surface area contributed by atoms with Crippen LogP contribution in [0.15, 0.2) is 53.2 Å². The summed E-state index contributed by atoms with van der Waals surface area (Å²) in [6.45, 7) is 0.192. The topological polar surface area (TPSA) is 107 Å². The number of aromatic nitrogens is 5. The van der Waals surface area contributed by atoms with Gasteiger partial charge in [0.1, 0.15) is 22.5 Å². The van der Waals surface area contributed by atoms with Gasteiger partial charge in [0.15, 0.2) is 11.5 Å². The van der Waals surface area contributed by atoms with Crippen LogP contribution in [0.2, 0.25) is 0 Å². The van der Waals surface area contributed by atoms with Crippen molar-refractivity contribution in [1.82, 2.24) is 25.2 Å². The number of H-pyrrole nitrogens is 1. The largest absolute Gasteiger partial charge is 0.454 e. The normalized spacial score (nSPS) is 12.4. The monoisotopic (exact) mass is 444 g/mol. The van der Waals surface area contributed by atoms with Gasteiger partial charge in [-0.25, -0.2) is 0 Å². The minimum atomic E-state index is -0.267. The number of aryl methyl sites for hydroxylation is 1. The summed E-state index contributed by atoms with van der Waals surface area (Å²) >= 11 is 1.59. The van der Waals surface area contributed by atoms with Crippen LogP contribution in [0.1, 0.15) is 10.4 Å². The van der Waals surface area contributed by atoms with Crippen LogP contribution in [0, 0.1) is 0 Å². The molecule has 1 aliphatic heterocycles. The Morgan fingerprint density at radius 1 is 1.06 bits per heavy atom. The molecule has 0 saturated heterocycles. The van der Waals surface area contributed by atoms with Crippen molar-refractivity contribution in [3.05, 3.63) is 58.8 Å². The Labute approximate surface area is 185 Å². The van der Waals surface area contributed by atoms with E-state index in [1.165, 1.54) is 0 Å². The molecule has 0 atom stereocenters. The fourth-order valence-corrected chi connectivity index (χ4v) is 4.40. The van der Waals surface area contributed by atoms with Gasteiger partial charge in [-0.1, -0.05) is 6.07 Å². The number of anilines is 1. The highest BCUT2D eigenvalue weighted by Crippen LogP contribution is 2.42. The first-order valence-corrected chi connectivity index (χ1v) is 10.7. The van der Waals surface area contributed by atoms with E-state index in [4.69, 9.17) is 14.6 Å². The number of carbonyl (C=O) groups excluding carboxylic acids is 1. The Bertz CT molecular complexity index is 1470. The van der Waals surface area contributed by atoms with Crippen molar-refractivity contribution in [3.8, 4) is 33.9 Å². The zero-order chi connectivity index (χ0) is 21.7. The molecule has 32 heavy (non-hydrogen) atoms. The molecule has 0 radical (unpaired) electrons. The number of amides is 1. The molecule has 9 nitrogen and oxygen atoms in total. The van der Waals surface area contributed by atoms with Gasteiger partial charge in [-0.05, 0) is 47.3 Å². The average molecular weight is 444 g/mol. The Balaban J connectivity index is 1.46. The molecule has 3 aromatic heterocycles. The van der Waals surface area contributed by atoms with Crippen molar-refractivity contribution in [1.29, 1.82) is 0 Å². The molecule has 5 aromatic rings. The maximum absolute atomic E-state index is 13.1. The summed E-state index contributed by atoms with van der Waals surface area (Å²) in [5, 5.41) is 22.4. The number of carbonyl (C=O) groups is 1. The minimum absolute atomic E-state index is 0.192. The van der Waals surface area contributed by atoms with Crippen molar-refractivity contribution in [2.75, 3.05) is 12.1 Å². The van der Waals surface area contributed by atoms with Gasteiger partial charge < -0.3 is 14.8 Å². The summed E-state index contributed by atoms with van der Waals surface area (Å²) in [5.74, 6) is 1.67. The van der Waals surface area contributed by atoms with Gasteiger partial charge in [0.05, 0.1) is 5.56 Å². The maximum Gasteiger partial charge on any atom is 0.256 e. The van der Waals surface area contributed by atoms with Crippen molar-refractivity contribution in [2.24, 2.45) is 7.05 Å². The van der Waals surface area contributed by atoms with Crippen LogP contribution < -0.4 is 14.8 Å². The predicted molar refractivity (Wildman–Crippen MR) is 120 cm³/mol. The number of fused-ring (bicyclic) bond motifs is 2. The standard InChI is InChI=1S/C22H16N6O3S/c1-28-21(23-22(29)13-2-4-15-16(8-13)25-27-24-15)19(20(26-28)14-6-7-32-10-14)12-3-5-17-18(9-12)31-11-30-17/h2-10H,11H2,1H3,(H,23,29)(H,24,25,27). The summed E-state index contributed by atoms with van der Waals surface area (Å²) in [5.41, 5.74) is 5.21. The number of rotatable bonds is 4. The van der Waals surface area contributed by atoms with Crippen molar-refractivity contribution in [2.45, 2.75) is 0 Å². The van der Waals surface area contributed by atoms with Crippen molar-refractivity contribution >= 4 is 34.1 Å². The lowest BCUT2D eigenvalue weighted by Gasteiger charge is -2.10. The molecule has 10 heteroatoms. The lowest BCUT2D eigenvalue weighted by molar-refractivity contribution is 0.102. The molecule has 0 aliphatic carbocycles. The molecule has 1 amide bonds. The molecule has 2 aromatic carbocycles. The van der Waals surface area contributed by atoms with Crippen LogP contribution in [0.3, 0.4) is 0 Å². The third-order valence-electron chi connectivity index (χ3n) is 5.31. The van der Waals surface area contributed by atoms with Gasteiger partial charge in [0.2, 0.25) is 6.79 Å². The Hall–Kier alpha value is -4.18. The first kappa shape index (κ1) is 18.6. The third kappa shape index (κ3) is 3.00. The summed E-state index contributed by atoms with van der Waals surface area (Å²) in [4.78, 5) is 13.1. The van der Waals surface area contributed by atoms with E-state index in [0.29, 0.717) is 33.9 Å². The van der Waals surface area contributed by atoms with Crippen LogP contribution in [0.5, 0.6) is 11.5 Å². The van der Waals surface area contributed by atoms with E-state index in [1.54, 1.807) is 34.2 Å². The number of nitrogens with zero attached hydrogens (tertiary/aromatic N) is 4. The summed E-state index contributed by atoms with van der Waals surface area (Å²) < 4.78 is 12.7. The number of benzene rings is 2. The summed E-state index contributed by atoms with van der Waals surface area (Å²) in [6.07, 6.45) is 0. The molecule has 0 unspecified atom stereocenters. The summed E-state index contributed by atoms with van der Waals surface area (Å²) in [6, 6.07) is 12.9. The second-order valence-electron chi connectivity index (χ2n) is 7.26. The highest BCUT2D eigenvalue weighted by molar-refractivity contribution is 7.08. The van der Waals surface area contributed by atoms with Gasteiger partial charge in [-0.15, -0.1) is 0 Å². The fourth-order valence-electron chi connectivity index (χ4n) is 3.76. The number of nitrogens with one attached hydrogen (secondary N) is 2. The molecule has 158 valence electrons. The smallest absolute Gasteiger partial charge is 0.256 e. The molecule has 0 fully saturated rings. The second-order valence-corrected chi connectivity index (χ2v) is 8.04. The molecule has 0 saturated carbocycles. The molecular weight excluding hydrogens is 428 g/mol. The van der Waals surface area contributed by atoms with E-state index < -0.39 is 0 Å². The summed E-state index contributed by atoms with van der Waals surface area (Å²) in [7, 11) is 1.81. The van der Waals surface area contributed by atoms with E-state index >= 15 is 0 Å². The number of aromatic amines is 1. The highest BCUT2D eigenvalue weighted by Gasteiger charge is 2.24. The molecule has 1 aliphatic rings. The predicted octanol–water partition coefficient (Wildman–Crippen LogP) is 4.07. The first-order chi connectivity index (χ1) is 15.7. The molecule has 2 N–H and O–H groups in total. The van der Waals surface area contributed by atoms with Crippen LogP contribution in [0.25, 0.3) is 33.4 Å². The van der Waals surface area contributed by atoms with Crippen molar-refractivity contribution in [3.63, 3.8) is 0 Å². The molecule has 0 spiro atoms. The van der Waals surface area contributed by atoms with Gasteiger partial charge in [-0.3, -0.25) is 9.48 Å². The van der Waals surface area contributed by atoms with E-state index in [-0.39, 0.29) is 12.7 Å². The van der Waals surface area contributed by atoms with E-state index in [9.17, 15) is 4.79 Å². The van der Waals surface area contributed by atoms with E-state index in [1.807, 2.05) is 42.1 Å². The van der Waals surface area contributed by atoms with Crippen LogP contribution in [-0.4, -0.2) is 37.9 Å². The van der Waals surface area contributed by atoms with Gasteiger partial charge in [-0.2, -0.15) is 31.8 Å². The van der Waals surface area contributed by atoms with Crippen LogP contribution in [0.4, 0.5) is 5.82 Å². The third-order valence-corrected chi connectivity index (χ3v) is 6.00. The second kappa shape index (κ2) is 7.20. The maximum atomic E-state index is 13.1. The number of ether oxygens (including phenoxy) is 2. The zero-order valence-corrected chi connectivity index (χ0v) is 17.6. The number of hydrogen-bond acceptors (Lipinski definition) is 7.